The molecule has 1 N–H and O–H groups in total. The minimum atomic E-state index is -0.0627. The Hall–Kier alpha value is -0.900. The Morgan fingerprint density at radius 1 is 1.29 bits per heavy atom. The van der Waals surface area contributed by atoms with Crippen molar-refractivity contribution < 1.29 is 4.42 Å². The van der Waals surface area contributed by atoms with Crippen LogP contribution in [0.2, 0.25) is 15.2 Å². The lowest BCUT2D eigenvalue weighted by Crippen LogP contribution is -2.07. The number of hydrogen-bond donors (Lipinski definition) is 1. The Morgan fingerprint density at radius 2 is 2.06 bits per heavy atom. The molecule has 3 nitrogen and oxygen atoms in total. The van der Waals surface area contributed by atoms with Gasteiger partial charge in [0.25, 0.3) is 0 Å². The third-order valence-corrected chi connectivity index (χ3v) is 3.17. The van der Waals surface area contributed by atoms with E-state index in [1.807, 2.05) is 19.1 Å². The van der Waals surface area contributed by atoms with Crippen molar-refractivity contribution in [2.24, 2.45) is 0 Å². The molecule has 1 unspecified atom stereocenters. The summed E-state index contributed by atoms with van der Waals surface area (Å²) in [6.45, 7) is 1.93. The second-order valence-corrected chi connectivity index (χ2v) is 4.65. The lowest BCUT2D eigenvalue weighted by Gasteiger charge is -2.13. The SMILES string of the molecule is CC(Nc1nc(Cl)c(Cl)cc1Cl)c1ccco1. The standard InChI is InChI=1S/C11H9Cl3N2O/c1-6(9-3-2-4-17-9)15-11-8(13)5-7(12)10(14)16-11/h2-6H,1H3,(H,15,16). The molecule has 0 saturated carbocycles. The number of halogens is 3. The molecule has 2 rings (SSSR count). The van der Waals surface area contributed by atoms with Crippen molar-refractivity contribution in [1.82, 2.24) is 4.98 Å². The van der Waals surface area contributed by atoms with E-state index in [-0.39, 0.29) is 11.2 Å². The van der Waals surface area contributed by atoms with Crippen LogP contribution in [0.25, 0.3) is 0 Å². The highest BCUT2D eigenvalue weighted by Crippen LogP contribution is 2.30. The van der Waals surface area contributed by atoms with Crippen molar-refractivity contribution in [1.29, 1.82) is 0 Å². The van der Waals surface area contributed by atoms with Gasteiger partial charge in [0.1, 0.15) is 16.7 Å². The molecule has 17 heavy (non-hydrogen) atoms. The molecular weight excluding hydrogens is 282 g/mol. The van der Waals surface area contributed by atoms with Gasteiger partial charge in [0.05, 0.1) is 22.4 Å². The normalized spacial score (nSPS) is 12.5. The van der Waals surface area contributed by atoms with Gasteiger partial charge in [-0.05, 0) is 25.1 Å². The zero-order valence-electron chi connectivity index (χ0n) is 8.88. The molecule has 6 heteroatoms. The summed E-state index contributed by atoms with van der Waals surface area (Å²) >= 11 is 17.6. The molecule has 2 aromatic rings. The van der Waals surface area contributed by atoms with Gasteiger partial charge in [0.2, 0.25) is 0 Å². The van der Waals surface area contributed by atoms with Gasteiger partial charge in [-0.1, -0.05) is 34.8 Å². The number of aromatic nitrogens is 1. The van der Waals surface area contributed by atoms with Gasteiger partial charge in [-0.3, -0.25) is 0 Å². The van der Waals surface area contributed by atoms with Gasteiger partial charge in [0, 0.05) is 0 Å². The average Bonchev–Trinajstić information content (AvgIpc) is 2.79. The van der Waals surface area contributed by atoms with Crippen LogP contribution in [0.1, 0.15) is 18.7 Å². The molecule has 0 aliphatic carbocycles. The first kappa shape index (κ1) is 12.6. The largest absolute Gasteiger partial charge is 0.467 e. The summed E-state index contributed by atoms with van der Waals surface area (Å²) < 4.78 is 5.27. The fourth-order valence-electron chi connectivity index (χ4n) is 1.36. The Balaban J connectivity index is 2.22. The van der Waals surface area contributed by atoms with Gasteiger partial charge >= 0.3 is 0 Å². The van der Waals surface area contributed by atoms with E-state index >= 15 is 0 Å². The maximum Gasteiger partial charge on any atom is 0.150 e. The molecule has 0 bridgehead atoms. The van der Waals surface area contributed by atoms with Crippen LogP contribution < -0.4 is 5.32 Å². The van der Waals surface area contributed by atoms with Crippen molar-refractivity contribution in [2.45, 2.75) is 13.0 Å². The monoisotopic (exact) mass is 290 g/mol. The van der Waals surface area contributed by atoms with Gasteiger partial charge in [-0.15, -0.1) is 0 Å². The van der Waals surface area contributed by atoms with E-state index in [2.05, 4.69) is 10.3 Å². The number of pyridine rings is 1. The molecule has 90 valence electrons. The van der Waals surface area contributed by atoms with E-state index in [1.54, 1.807) is 12.3 Å². The van der Waals surface area contributed by atoms with E-state index < -0.39 is 0 Å². The highest BCUT2D eigenvalue weighted by atomic mass is 35.5. The second kappa shape index (κ2) is 5.17. The average molecular weight is 292 g/mol. The molecule has 0 amide bonds. The number of rotatable bonds is 3. The van der Waals surface area contributed by atoms with Crippen LogP contribution in [0.3, 0.4) is 0 Å². The van der Waals surface area contributed by atoms with E-state index in [0.29, 0.717) is 15.9 Å². The van der Waals surface area contributed by atoms with Crippen molar-refractivity contribution >= 4 is 40.6 Å². The maximum absolute atomic E-state index is 6.01. The molecule has 0 aromatic carbocycles. The fraction of sp³-hybridized carbons (Fsp3) is 0.182. The van der Waals surface area contributed by atoms with Crippen molar-refractivity contribution in [3.63, 3.8) is 0 Å². The summed E-state index contributed by atoms with van der Waals surface area (Å²) in [7, 11) is 0. The molecule has 2 aromatic heterocycles. The van der Waals surface area contributed by atoms with Crippen LogP contribution in [-0.2, 0) is 0 Å². The van der Waals surface area contributed by atoms with Crippen LogP contribution in [0.15, 0.2) is 28.9 Å². The van der Waals surface area contributed by atoms with Crippen LogP contribution >= 0.6 is 34.8 Å². The first-order valence-electron chi connectivity index (χ1n) is 4.89. The summed E-state index contributed by atoms with van der Waals surface area (Å²) in [5, 5.41) is 4.06. The van der Waals surface area contributed by atoms with Crippen LogP contribution in [-0.4, -0.2) is 4.98 Å². The molecule has 0 fully saturated rings. The lowest BCUT2D eigenvalue weighted by atomic mass is 10.2. The molecule has 1 atom stereocenters. The van der Waals surface area contributed by atoms with Crippen molar-refractivity contribution in [2.75, 3.05) is 5.32 Å². The maximum atomic E-state index is 6.01. The molecule has 0 saturated heterocycles. The van der Waals surface area contributed by atoms with E-state index in [4.69, 9.17) is 39.2 Å². The molecule has 0 radical (unpaired) electrons. The minimum absolute atomic E-state index is 0.0627. The Morgan fingerprint density at radius 3 is 2.71 bits per heavy atom. The zero-order chi connectivity index (χ0) is 12.4. The molecule has 0 aliphatic heterocycles. The lowest BCUT2D eigenvalue weighted by molar-refractivity contribution is 0.490. The number of furan rings is 1. The number of hydrogen-bond acceptors (Lipinski definition) is 3. The summed E-state index contributed by atoms with van der Waals surface area (Å²) in [4.78, 5) is 4.07. The Kier molecular flexibility index (Phi) is 3.82. The van der Waals surface area contributed by atoms with E-state index in [9.17, 15) is 0 Å². The fourth-order valence-corrected chi connectivity index (χ4v) is 1.91. The highest BCUT2D eigenvalue weighted by Gasteiger charge is 2.13. The third kappa shape index (κ3) is 2.86. The molecule has 2 heterocycles. The quantitative estimate of drug-likeness (QED) is 0.825. The predicted molar refractivity (Wildman–Crippen MR) is 70.0 cm³/mol. The number of nitrogens with zero attached hydrogens (tertiary/aromatic N) is 1. The predicted octanol–water partition coefficient (Wildman–Crippen LogP) is 4.81. The summed E-state index contributed by atoms with van der Waals surface area (Å²) in [6, 6.07) is 5.17. The Bertz CT molecular complexity index is 514. The van der Waals surface area contributed by atoms with Crippen LogP contribution in [0, 0.1) is 0 Å². The topological polar surface area (TPSA) is 38.1 Å². The van der Waals surface area contributed by atoms with Gasteiger partial charge in [-0.25, -0.2) is 4.98 Å². The minimum Gasteiger partial charge on any atom is -0.467 e. The van der Waals surface area contributed by atoms with Crippen molar-refractivity contribution in [3.05, 3.63) is 45.4 Å². The van der Waals surface area contributed by atoms with Gasteiger partial charge in [-0.2, -0.15) is 0 Å². The third-order valence-electron chi connectivity index (χ3n) is 2.21. The summed E-state index contributed by atoms with van der Waals surface area (Å²) in [5.41, 5.74) is 0. The van der Waals surface area contributed by atoms with Crippen LogP contribution in [0.4, 0.5) is 5.82 Å². The van der Waals surface area contributed by atoms with Crippen molar-refractivity contribution in [3.8, 4) is 0 Å². The molecule has 0 spiro atoms. The number of nitrogens with one attached hydrogen (secondary N) is 1. The molecular formula is C11H9Cl3N2O. The van der Waals surface area contributed by atoms with Crippen LogP contribution in [0.5, 0.6) is 0 Å². The van der Waals surface area contributed by atoms with Gasteiger partial charge in [0.15, 0.2) is 0 Å². The zero-order valence-corrected chi connectivity index (χ0v) is 11.1. The number of anilines is 1. The Labute approximate surface area is 114 Å². The van der Waals surface area contributed by atoms with E-state index in [1.165, 1.54) is 0 Å². The smallest absolute Gasteiger partial charge is 0.150 e. The molecule has 0 aliphatic rings. The van der Waals surface area contributed by atoms with Gasteiger partial charge < -0.3 is 9.73 Å². The second-order valence-electron chi connectivity index (χ2n) is 3.47. The summed E-state index contributed by atoms with van der Waals surface area (Å²) in [5.74, 6) is 1.26. The van der Waals surface area contributed by atoms with E-state index in [0.717, 1.165) is 5.76 Å². The first-order chi connectivity index (χ1) is 8.08. The first-order valence-corrected chi connectivity index (χ1v) is 6.03. The summed E-state index contributed by atoms with van der Waals surface area (Å²) in [6.07, 6.45) is 1.61. The highest BCUT2D eigenvalue weighted by molar-refractivity contribution is 6.42.